The molecule has 78 valence electrons. The lowest BCUT2D eigenvalue weighted by Gasteiger charge is -2.08. The van der Waals surface area contributed by atoms with Crippen molar-refractivity contribution in [2.24, 2.45) is 0 Å². The Morgan fingerprint density at radius 2 is 2.29 bits per heavy atom. The van der Waals surface area contributed by atoms with Gasteiger partial charge in [-0.1, -0.05) is 0 Å². The first kappa shape index (κ1) is 9.58. The number of alkyl halides is 2. The van der Waals surface area contributed by atoms with Gasteiger partial charge in [0, 0.05) is 18.7 Å². The summed E-state index contributed by atoms with van der Waals surface area (Å²) in [5.74, 6) is -2.80. The maximum Gasteiger partial charge on any atom is 0.277 e. The van der Waals surface area contributed by atoms with E-state index in [1.54, 1.807) is 4.68 Å². The molecule has 0 spiro atoms. The fraction of sp³-hybridized carbons (Fsp3) is 0.667. The summed E-state index contributed by atoms with van der Waals surface area (Å²) >= 11 is 0. The second kappa shape index (κ2) is 3.02. The van der Waals surface area contributed by atoms with E-state index in [1.165, 1.54) is 0 Å². The fourth-order valence-electron chi connectivity index (χ4n) is 2.00. The zero-order chi connectivity index (χ0) is 10.3. The lowest BCUT2D eigenvalue weighted by atomic mass is 10.1. The maximum atomic E-state index is 13.4. The van der Waals surface area contributed by atoms with Crippen LogP contribution in [0.1, 0.15) is 30.3 Å². The molecule has 1 aromatic rings. The molecular formula is C9H12F2N2O. The van der Waals surface area contributed by atoms with Crippen molar-refractivity contribution in [3.8, 4) is 0 Å². The van der Waals surface area contributed by atoms with Crippen LogP contribution in [0, 0.1) is 0 Å². The van der Waals surface area contributed by atoms with Crippen LogP contribution >= 0.6 is 0 Å². The number of aliphatic hydroxyl groups is 1. The molecule has 0 saturated heterocycles. The molecule has 1 aliphatic carbocycles. The first-order valence-corrected chi connectivity index (χ1v) is 4.68. The van der Waals surface area contributed by atoms with E-state index in [-0.39, 0.29) is 17.7 Å². The summed E-state index contributed by atoms with van der Waals surface area (Å²) in [4.78, 5) is 0. The van der Waals surface area contributed by atoms with E-state index in [2.05, 4.69) is 5.10 Å². The summed E-state index contributed by atoms with van der Waals surface area (Å²) in [6, 6.07) is 0. The van der Waals surface area contributed by atoms with Crippen molar-refractivity contribution >= 4 is 0 Å². The van der Waals surface area contributed by atoms with E-state index < -0.39 is 12.5 Å². The van der Waals surface area contributed by atoms with Crippen molar-refractivity contribution in [1.82, 2.24) is 9.78 Å². The molecule has 1 aromatic heterocycles. The number of halogens is 2. The predicted octanol–water partition coefficient (Wildman–Crippen LogP) is 1.43. The van der Waals surface area contributed by atoms with Crippen LogP contribution in [0.2, 0.25) is 0 Å². The highest BCUT2D eigenvalue weighted by atomic mass is 19.3. The SMILES string of the molecule is CCn1nc(CO)c2c1CCC2(F)F. The minimum absolute atomic E-state index is 0.0400. The number of rotatable bonds is 2. The van der Waals surface area contributed by atoms with Gasteiger partial charge in [0.1, 0.15) is 0 Å². The van der Waals surface area contributed by atoms with Crippen LogP contribution < -0.4 is 0 Å². The fourth-order valence-corrected chi connectivity index (χ4v) is 2.00. The Kier molecular flexibility index (Phi) is 2.06. The molecule has 0 bridgehead atoms. The number of fused-ring (bicyclic) bond motifs is 1. The molecule has 14 heavy (non-hydrogen) atoms. The number of nitrogens with zero attached hydrogens (tertiary/aromatic N) is 2. The Balaban J connectivity index is 2.57. The van der Waals surface area contributed by atoms with E-state index in [9.17, 15) is 8.78 Å². The summed E-state index contributed by atoms with van der Waals surface area (Å²) < 4.78 is 28.3. The van der Waals surface area contributed by atoms with Gasteiger partial charge in [-0.2, -0.15) is 5.10 Å². The third kappa shape index (κ3) is 1.15. The summed E-state index contributed by atoms with van der Waals surface area (Å²) in [7, 11) is 0. The number of aryl methyl sites for hydroxylation is 1. The van der Waals surface area contributed by atoms with Crippen LogP contribution in [-0.2, 0) is 25.5 Å². The number of aromatic nitrogens is 2. The van der Waals surface area contributed by atoms with Crippen molar-refractivity contribution in [3.63, 3.8) is 0 Å². The van der Waals surface area contributed by atoms with Gasteiger partial charge in [-0.15, -0.1) is 0 Å². The van der Waals surface area contributed by atoms with Crippen LogP contribution in [0.5, 0.6) is 0 Å². The second-order valence-corrected chi connectivity index (χ2v) is 3.45. The molecule has 0 saturated carbocycles. The van der Waals surface area contributed by atoms with Crippen LogP contribution in [0.3, 0.4) is 0 Å². The molecule has 0 radical (unpaired) electrons. The quantitative estimate of drug-likeness (QED) is 0.787. The van der Waals surface area contributed by atoms with E-state index in [1.807, 2.05) is 6.92 Å². The molecule has 0 aromatic carbocycles. The first-order chi connectivity index (χ1) is 6.60. The lowest BCUT2D eigenvalue weighted by molar-refractivity contribution is -0.00387. The summed E-state index contributed by atoms with van der Waals surface area (Å²) in [5.41, 5.74) is 0.674. The highest BCUT2D eigenvalue weighted by Gasteiger charge is 2.44. The molecule has 2 rings (SSSR count). The molecule has 1 aliphatic rings. The summed E-state index contributed by atoms with van der Waals surface area (Å²) in [6.45, 7) is 2.01. The maximum absolute atomic E-state index is 13.4. The van der Waals surface area contributed by atoms with Gasteiger partial charge in [0.05, 0.1) is 17.9 Å². The molecule has 5 heteroatoms. The van der Waals surface area contributed by atoms with E-state index >= 15 is 0 Å². The molecule has 1 N–H and O–H groups in total. The molecule has 0 atom stereocenters. The molecule has 0 fully saturated rings. The number of hydrogen-bond acceptors (Lipinski definition) is 2. The van der Waals surface area contributed by atoms with Gasteiger partial charge >= 0.3 is 0 Å². The number of aliphatic hydroxyl groups excluding tert-OH is 1. The van der Waals surface area contributed by atoms with Crippen molar-refractivity contribution in [3.05, 3.63) is 17.0 Å². The van der Waals surface area contributed by atoms with Crippen LogP contribution in [0.4, 0.5) is 8.78 Å². The summed E-state index contributed by atoms with van der Waals surface area (Å²) in [5, 5.41) is 12.9. The second-order valence-electron chi connectivity index (χ2n) is 3.45. The Bertz CT molecular complexity index is 360. The first-order valence-electron chi connectivity index (χ1n) is 4.68. The lowest BCUT2D eigenvalue weighted by Crippen LogP contribution is -2.10. The van der Waals surface area contributed by atoms with E-state index in [0.717, 1.165) is 0 Å². The van der Waals surface area contributed by atoms with Gasteiger partial charge in [0.2, 0.25) is 0 Å². The molecule has 1 heterocycles. The Hall–Kier alpha value is -0.970. The molecule has 0 unspecified atom stereocenters. The molecule has 0 aliphatic heterocycles. The summed E-state index contributed by atoms with van der Waals surface area (Å²) in [6.07, 6.45) is 0.191. The van der Waals surface area contributed by atoms with Gasteiger partial charge < -0.3 is 5.11 Å². The number of hydrogen-bond donors (Lipinski definition) is 1. The molecule has 0 amide bonds. The normalized spacial score (nSPS) is 18.6. The third-order valence-corrected chi connectivity index (χ3v) is 2.62. The average Bonchev–Trinajstić information content (AvgIpc) is 2.65. The molecule has 3 nitrogen and oxygen atoms in total. The van der Waals surface area contributed by atoms with Crippen LogP contribution in [-0.4, -0.2) is 14.9 Å². The highest BCUT2D eigenvalue weighted by Crippen LogP contribution is 2.43. The third-order valence-electron chi connectivity index (χ3n) is 2.62. The Labute approximate surface area is 80.3 Å². The largest absolute Gasteiger partial charge is 0.390 e. The Morgan fingerprint density at radius 1 is 1.57 bits per heavy atom. The average molecular weight is 202 g/mol. The van der Waals surface area contributed by atoms with Crippen molar-refractivity contribution in [2.45, 2.75) is 38.8 Å². The minimum atomic E-state index is -2.80. The van der Waals surface area contributed by atoms with Crippen molar-refractivity contribution < 1.29 is 13.9 Å². The molecular weight excluding hydrogens is 190 g/mol. The standard InChI is InChI=1S/C9H12F2N2O/c1-2-13-7-3-4-9(10,11)8(7)6(5-14)12-13/h14H,2-5H2,1H3. The topological polar surface area (TPSA) is 38.0 Å². The van der Waals surface area contributed by atoms with E-state index in [0.29, 0.717) is 18.7 Å². The van der Waals surface area contributed by atoms with Crippen molar-refractivity contribution in [2.75, 3.05) is 0 Å². The smallest absolute Gasteiger partial charge is 0.277 e. The predicted molar refractivity (Wildman–Crippen MR) is 46.0 cm³/mol. The van der Waals surface area contributed by atoms with Crippen molar-refractivity contribution in [1.29, 1.82) is 0 Å². The van der Waals surface area contributed by atoms with Gasteiger partial charge in [-0.05, 0) is 13.3 Å². The highest BCUT2D eigenvalue weighted by molar-refractivity contribution is 5.35. The van der Waals surface area contributed by atoms with Gasteiger partial charge in [-0.25, -0.2) is 8.78 Å². The van der Waals surface area contributed by atoms with Crippen LogP contribution in [0.15, 0.2) is 0 Å². The Morgan fingerprint density at radius 3 is 2.86 bits per heavy atom. The van der Waals surface area contributed by atoms with Gasteiger partial charge in [-0.3, -0.25) is 4.68 Å². The van der Waals surface area contributed by atoms with Gasteiger partial charge in [0.25, 0.3) is 5.92 Å². The van der Waals surface area contributed by atoms with Crippen LogP contribution in [0.25, 0.3) is 0 Å². The zero-order valence-electron chi connectivity index (χ0n) is 7.93. The monoisotopic (exact) mass is 202 g/mol. The minimum Gasteiger partial charge on any atom is -0.390 e. The van der Waals surface area contributed by atoms with E-state index in [4.69, 9.17) is 5.11 Å². The van der Waals surface area contributed by atoms with Gasteiger partial charge in [0.15, 0.2) is 0 Å². The zero-order valence-corrected chi connectivity index (χ0v) is 7.93.